The molecule has 0 fully saturated rings. The van der Waals surface area contributed by atoms with Crippen LogP contribution in [0.5, 0.6) is 0 Å². The van der Waals surface area contributed by atoms with Crippen LogP contribution < -0.4 is 5.32 Å². The van der Waals surface area contributed by atoms with Crippen molar-refractivity contribution in [1.29, 1.82) is 0 Å². The first kappa shape index (κ1) is 11.6. The molecule has 0 bridgehead atoms. The van der Waals surface area contributed by atoms with E-state index in [9.17, 15) is 4.79 Å². The van der Waals surface area contributed by atoms with Gasteiger partial charge in [-0.2, -0.15) is 5.10 Å². The first-order valence-corrected chi connectivity index (χ1v) is 4.94. The minimum absolute atomic E-state index is 0.478. The van der Waals surface area contributed by atoms with Gasteiger partial charge in [-0.05, 0) is 6.42 Å². The van der Waals surface area contributed by atoms with Crippen LogP contribution in [0.2, 0.25) is 0 Å². The molecule has 1 rings (SSSR count). The van der Waals surface area contributed by atoms with Gasteiger partial charge < -0.3 is 10.4 Å². The van der Waals surface area contributed by atoms with Crippen LogP contribution in [-0.4, -0.2) is 38.4 Å². The van der Waals surface area contributed by atoms with Crippen LogP contribution in [0.25, 0.3) is 0 Å². The molecule has 15 heavy (non-hydrogen) atoms. The quantitative estimate of drug-likeness (QED) is 0.683. The van der Waals surface area contributed by atoms with E-state index in [-0.39, 0.29) is 0 Å². The summed E-state index contributed by atoms with van der Waals surface area (Å²) in [5.74, 6) is -0.0864. The van der Waals surface area contributed by atoms with Crippen molar-refractivity contribution in [2.24, 2.45) is 7.05 Å². The topological polar surface area (TPSA) is 80.0 Å². The van der Waals surface area contributed by atoms with Crippen LogP contribution in [0.1, 0.15) is 19.2 Å². The predicted octanol–water partition coefficient (Wildman–Crippen LogP) is -0.190. The van der Waals surface area contributed by atoms with Gasteiger partial charge >= 0.3 is 5.97 Å². The van der Waals surface area contributed by atoms with Crippen molar-refractivity contribution in [3.63, 3.8) is 0 Å². The third-order valence-corrected chi connectivity index (χ3v) is 2.09. The van der Waals surface area contributed by atoms with E-state index in [0.717, 1.165) is 5.82 Å². The maximum Gasteiger partial charge on any atom is 0.320 e. The zero-order valence-electron chi connectivity index (χ0n) is 8.97. The Morgan fingerprint density at radius 2 is 2.47 bits per heavy atom. The summed E-state index contributed by atoms with van der Waals surface area (Å²) in [6.07, 6.45) is 2.85. The fourth-order valence-corrected chi connectivity index (χ4v) is 1.26. The van der Waals surface area contributed by atoms with E-state index < -0.39 is 12.0 Å². The number of carboxylic acid groups (broad SMARTS) is 1. The largest absolute Gasteiger partial charge is 0.480 e. The molecule has 0 saturated carbocycles. The van der Waals surface area contributed by atoms with Crippen molar-refractivity contribution in [2.75, 3.05) is 6.54 Å². The average Bonchev–Trinajstić information content (AvgIpc) is 2.58. The summed E-state index contributed by atoms with van der Waals surface area (Å²) < 4.78 is 1.63. The number of aryl methyl sites for hydroxylation is 1. The Bertz CT molecular complexity index is 324. The average molecular weight is 212 g/mol. The summed E-state index contributed by atoms with van der Waals surface area (Å²) >= 11 is 0. The highest BCUT2D eigenvalue weighted by molar-refractivity contribution is 5.73. The molecule has 1 aromatic heterocycles. The zero-order valence-corrected chi connectivity index (χ0v) is 8.97. The Morgan fingerprint density at radius 3 is 2.93 bits per heavy atom. The molecule has 0 amide bonds. The highest BCUT2D eigenvalue weighted by Gasteiger charge is 2.13. The maximum atomic E-state index is 10.7. The van der Waals surface area contributed by atoms with E-state index in [1.54, 1.807) is 18.1 Å². The first-order chi connectivity index (χ1) is 7.13. The molecule has 0 saturated heterocycles. The molecular weight excluding hydrogens is 196 g/mol. The molecule has 0 spiro atoms. The van der Waals surface area contributed by atoms with Gasteiger partial charge in [-0.1, -0.05) is 6.92 Å². The Hall–Kier alpha value is -1.43. The van der Waals surface area contributed by atoms with Gasteiger partial charge in [0, 0.05) is 20.0 Å². The van der Waals surface area contributed by atoms with E-state index in [2.05, 4.69) is 15.4 Å². The van der Waals surface area contributed by atoms with E-state index in [0.29, 0.717) is 19.4 Å². The molecule has 6 heteroatoms. The van der Waals surface area contributed by atoms with Gasteiger partial charge in [0.25, 0.3) is 0 Å². The summed E-state index contributed by atoms with van der Waals surface area (Å²) in [4.78, 5) is 14.7. The molecule has 2 N–H and O–H groups in total. The van der Waals surface area contributed by atoms with Gasteiger partial charge in [0.05, 0.1) is 0 Å². The fourth-order valence-electron chi connectivity index (χ4n) is 1.26. The Morgan fingerprint density at radius 1 is 1.73 bits per heavy atom. The minimum atomic E-state index is -0.813. The Kier molecular flexibility index (Phi) is 4.23. The Labute approximate surface area is 88.3 Å². The van der Waals surface area contributed by atoms with Crippen molar-refractivity contribution >= 4 is 5.97 Å². The number of carbonyl (C=O) groups is 1. The number of rotatable bonds is 6. The second kappa shape index (κ2) is 5.45. The number of hydrogen-bond donors (Lipinski definition) is 2. The summed E-state index contributed by atoms with van der Waals surface area (Å²) in [5.41, 5.74) is 0. The fraction of sp³-hybridized carbons (Fsp3) is 0.667. The molecule has 1 atom stereocenters. The van der Waals surface area contributed by atoms with Crippen molar-refractivity contribution in [2.45, 2.75) is 25.8 Å². The normalized spacial score (nSPS) is 12.7. The van der Waals surface area contributed by atoms with E-state index in [1.165, 1.54) is 0 Å². The van der Waals surface area contributed by atoms with E-state index in [4.69, 9.17) is 5.11 Å². The molecule has 0 radical (unpaired) electrons. The third kappa shape index (κ3) is 3.67. The molecule has 1 unspecified atom stereocenters. The minimum Gasteiger partial charge on any atom is -0.480 e. The summed E-state index contributed by atoms with van der Waals surface area (Å²) in [7, 11) is 1.80. The monoisotopic (exact) mass is 212 g/mol. The number of aromatic nitrogens is 3. The highest BCUT2D eigenvalue weighted by atomic mass is 16.4. The second-order valence-corrected chi connectivity index (χ2v) is 3.34. The van der Waals surface area contributed by atoms with Crippen LogP contribution >= 0.6 is 0 Å². The molecule has 0 aliphatic rings. The molecule has 0 aliphatic carbocycles. The van der Waals surface area contributed by atoms with E-state index in [1.807, 2.05) is 6.92 Å². The molecule has 1 aromatic rings. The molecule has 1 heterocycles. The first-order valence-electron chi connectivity index (χ1n) is 4.94. The van der Waals surface area contributed by atoms with Crippen molar-refractivity contribution in [1.82, 2.24) is 20.1 Å². The summed E-state index contributed by atoms with van der Waals surface area (Å²) in [6, 6.07) is -0.478. The van der Waals surface area contributed by atoms with Gasteiger partial charge in [-0.15, -0.1) is 0 Å². The van der Waals surface area contributed by atoms with Gasteiger partial charge in [0.1, 0.15) is 12.4 Å². The van der Waals surface area contributed by atoms with Crippen molar-refractivity contribution in [3.8, 4) is 0 Å². The predicted molar refractivity (Wildman–Crippen MR) is 54.4 cm³/mol. The maximum absolute atomic E-state index is 10.7. The Balaban J connectivity index is 2.29. The van der Waals surface area contributed by atoms with E-state index >= 15 is 0 Å². The number of carboxylic acids is 1. The van der Waals surface area contributed by atoms with Crippen LogP contribution in [0.15, 0.2) is 6.33 Å². The van der Waals surface area contributed by atoms with Gasteiger partial charge in [0.2, 0.25) is 0 Å². The molecular formula is C9H16N4O2. The molecule has 0 aromatic carbocycles. The standard InChI is InChI=1S/C9H16N4O2/c1-3-7(9(14)15)10-5-4-8-11-6-13(2)12-8/h6-7,10H,3-5H2,1-2H3,(H,14,15). The van der Waals surface area contributed by atoms with Crippen LogP contribution in [0, 0.1) is 0 Å². The van der Waals surface area contributed by atoms with Crippen molar-refractivity contribution < 1.29 is 9.90 Å². The number of hydrogen-bond acceptors (Lipinski definition) is 4. The lowest BCUT2D eigenvalue weighted by atomic mass is 10.2. The zero-order chi connectivity index (χ0) is 11.3. The molecule has 0 aliphatic heterocycles. The van der Waals surface area contributed by atoms with Gasteiger partial charge in [0.15, 0.2) is 5.82 Å². The van der Waals surface area contributed by atoms with Crippen LogP contribution in [0.4, 0.5) is 0 Å². The lowest BCUT2D eigenvalue weighted by Gasteiger charge is -2.10. The molecule has 84 valence electrons. The van der Waals surface area contributed by atoms with Crippen LogP contribution in [0.3, 0.4) is 0 Å². The van der Waals surface area contributed by atoms with Crippen molar-refractivity contribution in [3.05, 3.63) is 12.2 Å². The number of nitrogens with one attached hydrogen (secondary N) is 1. The molecule has 6 nitrogen and oxygen atoms in total. The smallest absolute Gasteiger partial charge is 0.320 e. The number of aliphatic carboxylic acids is 1. The summed E-state index contributed by atoms with van der Waals surface area (Å²) in [6.45, 7) is 2.42. The van der Waals surface area contributed by atoms with Gasteiger partial charge in [-0.3, -0.25) is 9.48 Å². The van der Waals surface area contributed by atoms with Gasteiger partial charge in [-0.25, -0.2) is 4.98 Å². The third-order valence-electron chi connectivity index (χ3n) is 2.09. The summed E-state index contributed by atoms with van der Waals surface area (Å²) in [5, 5.41) is 15.8. The van der Waals surface area contributed by atoms with Crippen LogP contribution in [-0.2, 0) is 18.3 Å². The highest BCUT2D eigenvalue weighted by Crippen LogP contribution is 1.93. The lowest BCUT2D eigenvalue weighted by molar-refractivity contribution is -0.139. The second-order valence-electron chi connectivity index (χ2n) is 3.34. The number of nitrogens with zero attached hydrogens (tertiary/aromatic N) is 3. The SMILES string of the molecule is CCC(NCCc1ncn(C)n1)C(=O)O. The lowest BCUT2D eigenvalue weighted by Crippen LogP contribution is -2.37.